The highest BCUT2D eigenvalue weighted by molar-refractivity contribution is 5.80. The van der Waals surface area contributed by atoms with Crippen LogP contribution >= 0.6 is 0 Å². The molecular weight excluding hydrogens is 198 g/mol. The minimum Gasteiger partial charge on any atom is -0.374 e. The largest absolute Gasteiger partial charge is 0.374 e. The quantitative estimate of drug-likeness (QED) is 0.539. The summed E-state index contributed by atoms with van der Waals surface area (Å²) in [6.45, 7) is 3.14. The predicted molar refractivity (Wildman–Crippen MR) is 68.0 cm³/mol. The van der Waals surface area contributed by atoms with Gasteiger partial charge in [0.2, 0.25) is 0 Å². The van der Waals surface area contributed by atoms with Crippen LogP contribution in [0.15, 0.2) is 36.4 Å². The molecule has 0 heterocycles. The van der Waals surface area contributed by atoms with Gasteiger partial charge in [0, 0.05) is 25.4 Å². The highest BCUT2D eigenvalue weighted by Gasteiger charge is 2.05. The van der Waals surface area contributed by atoms with Gasteiger partial charge in [-0.2, -0.15) is 0 Å². The van der Waals surface area contributed by atoms with Crippen molar-refractivity contribution >= 4 is 12.0 Å². The molecule has 86 valence electrons. The summed E-state index contributed by atoms with van der Waals surface area (Å²) in [4.78, 5) is 12.8. The van der Waals surface area contributed by atoms with E-state index in [1.165, 1.54) is 0 Å². The van der Waals surface area contributed by atoms with Crippen LogP contribution in [0.5, 0.6) is 0 Å². The molecule has 1 aromatic carbocycles. The molecule has 2 heteroatoms. The Morgan fingerprint density at radius 2 is 2.00 bits per heavy atom. The second-order valence-corrected chi connectivity index (χ2v) is 3.83. The molecule has 1 aromatic rings. The summed E-state index contributed by atoms with van der Waals surface area (Å²) in [5.74, 6) is 0. The minimum atomic E-state index is 0.852. The summed E-state index contributed by atoms with van der Waals surface area (Å²) >= 11 is 0. The number of hydrogen-bond donors (Lipinski definition) is 0. The Labute approximate surface area is 97.6 Å². The van der Waals surface area contributed by atoms with Crippen molar-refractivity contribution in [2.75, 3.05) is 13.6 Å². The Kier molecular flexibility index (Phi) is 5.34. The molecule has 0 saturated heterocycles. The molecule has 0 aliphatic carbocycles. The zero-order valence-corrected chi connectivity index (χ0v) is 10.0. The summed E-state index contributed by atoms with van der Waals surface area (Å²) in [5, 5.41) is 0. The molecule has 0 aliphatic heterocycles. The fourth-order valence-electron chi connectivity index (χ4n) is 1.63. The van der Waals surface area contributed by atoms with Crippen LogP contribution in [0.2, 0.25) is 0 Å². The second kappa shape index (κ2) is 6.83. The SMILES string of the molecule is CCCCN(C)/C(=C\C=O)c1ccccc1. The fraction of sp³-hybridized carbons (Fsp3) is 0.357. The molecular formula is C14H19NO. The van der Waals surface area contributed by atoms with Crippen molar-refractivity contribution in [1.82, 2.24) is 4.90 Å². The van der Waals surface area contributed by atoms with Crippen molar-refractivity contribution in [2.24, 2.45) is 0 Å². The van der Waals surface area contributed by atoms with Crippen LogP contribution in [0.3, 0.4) is 0 Å². The maximum atomic E-state index is 10.7. The van der Waals surface area contributed by atoms with E-state index in [2.05, 4.69) is 11.8 Å². The van der Waals surface area contributed by atoms with Crippen molar-refractivity contribution in [3.8, 4) is 0 Å². The van der Waals surface area contributed by atoms with Crippen molar-refractivity contribution < 1.29 is 4.79 Å². The zero-order valence-electron chi connectivity index (χ0n) is 10.0. The van der Waals surface area contributed by atoms with Gasteiger partial charge < -0.3 is 4.90 Å². The van der Waals surface area contributed by atoms with E-state index in [0.29, 0.717) is 0 Å². The lowest BCUT2D eigenvalue weighted by Gasteiger charge is -2.22. The number of unbranched alkanes of at least 4 members (excludes halogenated alkanes) is 1. The van der Waals surface area contributed by atoms with E-state index in [1.807, 2.05) is 37.4 Å². The Balaban J connectivity index is 2.84. The number of allylic oxidation sites excluding steroid dienone is 1. The van der Waals surface area contributed by atoms with Gasteiger partial charge in [-0.3, -0.25) is 4.79 Å². The lowest BCUT2D eigenvalue weighted by atomic mass is 10.1. The highest BCUT2D eigenvalue weighted by atomic mass is 16.1. The van der Waals surface area contributed by atoms with Gasteiger partial charge in [-0.25, -0.2) is 0 Å². The Hall–Kier alpha value is -1.57. The first kappa shape index (κ1) is 12.5. The lowest BCUT2D eigenvalue weighted by molar-refractivity contribution is -0.104. The lowest BCUT2D eigenvalue weighted by Crippen LogP contribution is -2.18. The molecule has 0 unspecified atom stereocenters. The molecule has 1 rings (SSSR count). The van der Waals surface area contributed by atoms with E-state index in [-0.39, 0.29) is 0 Å². The molecule has 2 nitrogen and oxygen atoms in total. The molecule has 0 spiro atoms. The summed E-state index contributed by atoms with van der Waals surface area (Å²) in [5.41, 5.74) is 2.08. The first-order valence-corrected chi connectivity index (χ1v) is 5.71. The number of aldehydes is 1. The van der Waals surface area contributed by atoms with Crippen LogP contribution in [0.4, 0.5) is 0 Å². The number of hydrogen-bond acceptors (Lipinski definition) is 2. The van der Waals surface area contributed by atoms with Crippen molar-refractivity contribution in [2.45, 2.75) is 19.8 Å². The van der Waals surface area contributed by atoms with Gasteiger partial charge in [0.1, 0.15) is 6.29 Å². The number of carbonyl (C=O) groups is 1. The molecule has 0 amide bonds. The van der Waals surface area contributed by atoms with E-state index >= 15 is 0 Å². The van der Waals surface area contributed by atoms with Gasteiger partial charge >= 0.3 is 0 Å². The van der Waals surface area contributed by atoms with E-state index in [1.54, 1.807) is 6.08 Å². The predicted octanol–water partition coefficient (Wildman–Crippen LogP) is 2.96. The van der Waals surface area contributed by atoms with E-state index in [0.717, 1.165) is 36.9 Å². The third kappa shape index (κ3) is 3.54. The van der Waals surface area contributed by atoms with Gasteiger partial charge in [-0.1, -0.05) is 43.7 Å². The van der Waals surface area contributed by atoms with Crippen LogP contribution in [0, 0.1) is 0 Å². The van der Waals surface area contributed by atoms with Crippen LogP contribution in [-0.2, 0) is 4.79 Å². The summed E-state index contributed by atoms with van der Waals surface area (Å²) < 4.78 is 0. The van der Waals surface area contributed by atoms with Crippen molar-refractivity contribution in [1.29, 1.82) is 0 Å². The number of rotatable bonds is 6. The Morgan fingerprint density at radius 1 is 1.31 bits per heavy atom. The molecule has 0 aromatic heterocycles. The van der Waals surface area contributed by atoms with Crippen molar-refractivity contribution in [3.63, 3.8) is 0 Å². The third-order valence-corrected chi connectivity index (χ3v) is 2.55. The summed E-state index contributed by atoms with van der Waals surface area (Å²) in [6, 6.07) is 10.0. The second-order valence-electron chi connectivity index (χ2n) is 3.83. The smallest absolute Gasteiger partial charge is 0.144 e. The first-order chi connectivity index (χ1) is 7.79. The van der Waals surface area contributed by atoms with Gasteiger partial charge in [-0.05, 0) is 12.0 Å². The molecule has 0 fully saturated rings. The topological polar surface area (TPSA) is 20.3 Å². The molecule has 0 saturated carbocycles. The van der Waals surface area contributed by atoms with Crippen LogP contribution in [0.1, 0.15) is 25.3 Å². The fourth-order valence-corrected chi connectivity index (χ4v) is 1.63. The average molecular weight is 217 g/mol. The van der Waals surface area contributed by atoms with Gasteiger partial charge in [-0.15, -0.1) is 0 Å². The summed E-state index contributed by atoms with van der Waals surface area (Å²) in [6.07, 6.45) is 4.78. The Morgan fingerprint density at radius 3 is 2.56 bits per heavy atom. The average Bonchev–Trinajstić information content (AvgIpc) is 2.34. The van der Waals surface area contributed by atoms with Gasteiger partial charge in [0.15, 0.2) is 0 Å². The van der Waals surface area contributed by atoms with Crippen LogP contribution in [-0.4, -0.2) is 24.8 Å². The normalized spacial score (nSPS) is 11.2. The van der Waals surface area contributed by atoms with Crippen LogP contribution in [0.25, 0.3) is 5.70 Å². The van der Waals surface area contributed by atoms with E-state index in [9.17, 15) is 4.79 Å². The molecule has 0 aliphatic rings. The maximum absolute atomic E-state index is 10.7. The zero-order chi connectivity index (χ0) is 11.8. The molecule has 16 heavy (non-hydrogen) atoms. The summed E-state index contributed by atoms with van der Waals surface area (Å²) in [7, 11) is 2.03. The first-order valence-electron chi connectivity index (χ1n) is 5.71. The molecule has 0 radical (unpaired) electrons. The van der Waals surface area contributed by atoms with E-state index < -0.39 is 0 Å². The van der Waals surface area contributed by atoms with Gasteiger partial charge in [0.05, 0.1) is 0 Å². The molecule has 0 N–H and O–H groups in total. The monoisotopic (exact) mass is 217 g/mol. The molecule has 0 bridgehead atoms. The van der Waals surface area contributed by atoms with E-state index in [4.69, 9.17) is 0 Å². The standard InChI is InChI=1S/C14H19NO/c1-3-4-11-15(2)14(10-12-16)13-8-6-5-7-9-13/h5-10,12H,3-4,11H2,1-2H3/b14-10-. The molecule has 0 atom stereocenters. The van der Waals surface area contributed by atoms with Crippen LogP contribution < -0.4 is 0 Å². The Bertz CT molecular complexity index is 343. The third-order valence-electron chi connectivity index (χ3n) is 2.55. The minimum absolute atomic E-state index is 0.852. The van der Waals surface area contributed by atoms with Crippen molar-refractivity contribution in [3.05, 3.63) is 42.0 Å². The highest BCUT2D eigenvalue weighted by Crippen LogP contribution is 2.17. The number of nitrogens with zero attached hydrogens (tertiary/aromatic N) is 1. The maximum Gasteiger partial charge on any atom is 0.144 e. The number of benzene rings is 1. The number of carbonyl (C=O) groups excluding carboxylic acids is 1. The van der Waals surface area contributed by atoms with Gasteiger partial charge in [0.25, 0.3) is 0 Å².